The fraction of sp³-hybridized carbons (Fsp3) is 0.533. The highest BCUT2D eigenvalue weighted by Gasteiger charge is 2.19. The van der Waals surface area contributed by atoms with Crippen molar-refractivity contribution in [3.05, 3.63) is 29.3 Å². The van der Waals surface area contributed by atoms with E-state index >= 15 is 0 Å². The van der Waals surface area contributed by atoms with Gasteiger partial charge in [-0.3, -0.25) is 4.79 Å². The Kier molecular flexibility index (Phi) is 4.02. The van der Waals surface area contributed by atoms with Crippen LogP contribution in [0.2, 0.25) is 0 Å². The molecule has 3 heteroatoms. The first-order chi connectivity index (χ1) is 8.59. The average Bonchev–Trinajstić information content (AvgIpc) is 2.38. The number of rotatable bonds is 3. The zero-order chi connectivity index (χ0) is 13.1. The molecule has 0 saturated heterocycles. The van der Waals surface area contributed by atoms with Gasteiger partial charge >= 0.3 is 0 Å². The minimum absolute atomic E-state index is 0.0176. The molecular formula is C15H22N2O. The second-order valence-electron chi connectivity index (χ2n) is 5.29. The molecule has 98 valence electrons. The Hall–Kier alpha value is -1.35. The van der Waals surface area contributed by atoms with Gasteiger partial charge in [0.25, 0.3) is 0 Å². The summed E-state index contributed by atoms with van der Waals surface area (Å²) in [6, 6.07) is 6.07. The number of anilines is 1. The second-order valence-corrected chi connectivity index (χ2v) is 5.29. The predicted octanol–water partition coefficient (Wildman–Crippen LogP) is 2.49. The van der Waals surface area contributed by atoms with Gasteiger partial charge in [-0.15, -0.1) is 0 Å². The molecule has 1 amide bonds. The van der Waals surface area contributed by atoms with Crippen molar-refractivity contribution in [3.8, 4) is 0 Å². The van der Waals surface area contributed by atoms with Crippen LogP contribution in [0.15, 0.2) is 18.2 Å². The van der Waals surface area contributed by atoms with Gasteiger partial charge in [-0.2, -0.15) is 0 Å². The summed E-state index contributed by atoms with van der Waals surface area (Å²) in [6.07, 6.45) is 4.66. The highest BCUT2D eigenvalue weighted by atomic mass is 16.1. The van der Waals surface area contributed by atoms with Crippen molar-refractivity contribution in [2.45, 2.75) is 45.6 Å². The van der Waals surface area contributed by atoms with E-state index in [1.165, 1.54) is 24.0 Å². The van der Waals surface area contributed by atoms with Gasteiger partial charge in [0.05, 0.1) is 5.92 Å². The molecule has 1 aromatic carbocycles. The van der Waals surface area contributed by atoms with E-state index in [4.69, 9.17) is 5.73 Å². The molecule has 1 aliphatic carbocycles. The number of amides is 1. The fourth-order valence-electron chi connectivity index (χ4n) is 2.38. The summed E-state index contributed by atoms with van der Waals surface area (Å²) in [4.78, 5) is 12.0. The molecule has 2 rings (SSSR count). The Bertz CT molecular complexity index is 440. The molecule has 0 aromatic heterocycles. The fourth-order valence-corrected chi connectivity index (χ4v) is 2.38. The van der Waals surface area contributed by atoms with Gasteiger partial charge in [0, 0.05) is 11.7 Å². The van der Waals surface area contributed by atoms with Crippen LogP contribution in [0.1, 0.15) is 37.8 Å². The molecule has 0 radical (unpaired) electrons. The van der Waals surface area contributed by atoms with Crippen molar-refractivity contribution in [2.24, 2.45) is 11.7 Å². The molecule has 0 spiro atoms. The minimum Gasteiger partial charge on any atom is -0.327 e. The van der Waals surface area contributed by atoms with Gasteiger partial charge in [0.15, 0.2) is 0 Å². The van der Waals surface area contributed by atoms with E-state index in [0.29, 0.717) is 0 Å². The summed E-state index contributed by atoms with van der Waals surface area (Å²) >= 11 is 0. The van der Waals surface area contributed by atoms with Crippen LogP contribution < -0.4 is 11.1 Å². The van der Waals surface area contributed by atoms with E-state index < -0.39 is 0 Å². The zero-order valence-corrected chi connectivity index (χ0v) is 11.2. The Labute approximate surface area is 109 Å². The van der Waals surface area contributed by atoms with E-state index in [2.05, 4.69) is 11.4 Å². The predicted molar refractivity (Wildman–Crippen MR) is 74.5 cm³/mol. The van der Waals surface area contributed by atoms with Gasteiger partial charge in [-0.1, -0.05) is 19.1 Å². The SMILES string of the molecule is CC(N)C(C)C(=O)Nc1cccc2c1CCCC2. The van der Waals surface area contributed by atoms with Crippen LogP contribution in [-0.2, 0) is 17.6 Å². The number of fused-ring (bicyclic) bond motifs is 1. The number of hydrogen-bond acceptors (Lipinski definition) is 2. The van der Waals surface area contributed by atoms with Crippen molar-refractivity contribution < 1.29 is 4.79 Å². The lowest BCUT2D eigenvalue weighted by Gasteiger charge is -2.21. The Morgan fingerprint density at radius 1 is 1.28 bits per heavy atom. The number of benzene rings is 1. The molecule has 0 saturated carbocycles. The second kappa shape index (κ2) is 5.53. The lowest BCUT2D eigenvalue weighted by Crippen LogP contribution is -2.34. The highest BCUT2D eigenvalue weighted by molar-refractivity contribution is 5.93. The molecule has 18 heavy (non-hydrogen) atoms. The molecule has 2 unspecified atom stereocenters. The molecule has 0 heterocycles. The van der Waals surface area contributed by atoms with Gasteiger partial charge in [-0.25, -0.2) is 0 Å². The molecule has 1 aliphatic rings. The molecule has 0 fully saturated rings. The highest BCUT2D eigenvalue weighted by Crippen LogP contribution is 2.28. The Morgan fingerprint density at radius 3 is 2.72 bits per heavy atom. The van der Waals surface area contributed by atoms with E-state index in [0.717, 1.165) is 18.5 Å². The standard InChI is InChI=1S/C15H22N2O/c1-10(11(2)16)15(18)17-14-9-5-7-12-6-3-4-8-13(12)14/h5,7,9-11H,3-4,6,8,16H2,1-2H3,(H,17,18). The third-order valence-electron chi connectivity index (χ3n) is 3.86. The smallest absolute Gasteiger partial charge is 0.228 e. The van der Waals surface area contributed by atoms with Crippen LogP contribution in [0, 0.1) is 5.92 Å². The molecule has 1 aromatic rings. The largest absolute Gasteiger partial charge is 0.327 e. The maximum Gasteiger partial charge on any atom is 0.228 e. The van der Waals surface area contributed by atoms with E-state index in [1.807, 2.05) is 26.0 Å². The van der Waals surface area contributed by atoms with Crippen molar-refractivity contribution in [1.82, 2.24) is 0 Å². The third kappa shape index (κ3) is 2.72. The van der Waals surface area contributed by atoms with Crippen LogP contribution in [0.5, 0.6) is 0 Å². The van der Waals surface area contributed by atoms with Crippen LogP contribution in [-0.4, -0.2) is 11.9 Å². The summed E-state index contributed by atoms with van der Waals surface area (Å²) in [5.74, 6) is -0.145. The van der Waals surface area contributed by atoms with Crippen LogP contribution in [0.4, 0.5) is 5.69 Å². The first-order valence-corrected chi connectivity index (χ1v) is 6.77. The minimum atomic E-state index is -0.163. The zero-order valence-electron chi connectivity index (χ0n) is 11.2. The van der Waals surface area contributed by atoms with Crippen molar-refractivity contribution in [2.75, 3.05) is 5.32 Å². The first kappa shape index (κ1) is 13.1. The average molecular weight is 246 g/mol. The maximum absolute atomic E-state index is 12.0. The molecule has 3 nitrogen and oxygen atoms in total. The number of nitrogens with two attached hydrogens (primary N) is 1. The molecule has 0 aliphatic heterocycles. The van der Waals surface area contributed by atoms with Crippen LogP contribution in [0.25, 0.3) is 0 Å². The lowest BCUT2D eigenvalue weighted by molar-refractivity contribution is -0.119. The van der Waals surface area contributed by atoms with Gasteiger partial charge < -0.3 is 11.1 Å². The molecule has 0 bridgehead atoms. The maximum atomic E-state index is 12.0. The summed E-state index contributed by atoms with van der Waals surface area (Å²) in [6.45, 7) is 3.74. The number of carbonyl (C=O) groups excluding carboxylic acids is 1. The molecule has 2 atom stereocenters. The quantitative estimate of drug-likeness (QED) is 0.861. The van der Waals surface area contributed by atoms with Crippen molar-refractivity contribution in [1.29, 1.82) is 0 Å². The Morgan fingerprint density at radius 2 is 2.00 bits per heavy atom. The molecular weight excluding hydrogens is 224 g/mol. The number of nitrogens with one attached hydrogen (secondary N) is 1. The van der Waals surface area contributed by atoms with Gasteiger partial charge in [0.1, 0.15) is 0 Å². The lowest BCUT2D eigenvalue weighted by atomic mass is 9.90. The monoisotopic (exact) mass is 246 g/mol. The summed E-state index contributed by atoms with van der Waals surface area (Å²) in [7, 11) is 0. The number of carbonyl (C=O) groups is 1. The van der Waals surface area contributed by atoms with E-state index in [1.54, 1.807) is 0 Å². The third-order valence-corrected chi connectivity index (χ3v) is 3.86. The van der Waals surface area contributed by atoms with Crippen molar-refractivity contribution >= 4 is 11.6 Å². The van der Waals surface area contributed by atoms with Gasteiger partial charge in [0.2, 0.25) is 5.91 Å². The van der Waals surface area contributed by atoms with Crippen molar-refractivity contribution in [3.63, 3.8) is 0 Å². The summed E-state index contributed by atoms with van der Waals surface area (Å²) < 4.78 is 0. The van der Waals surface area contributed by atoms with Crippen LogP contribution in [0.3, 0.4) is 0 Å². The normalized spacial score (nSPS) is 17.7. The summed E-state index contributed by atoms with van der Waals surface area (Å²) in [5.41, 5.74) is 9.44. The Balaban J connectivity index is 2.17. The molecule has 3 N–H and O–H groups in total. The van der Waals surface area contributed by atoms with Crippen LogP contribution >= 0.6 is 0 Å². The number of hydrogen-bond donors (Lipinski definition) is 2. The van der Waals surface area contributed by atoms with E-state index in [-0.39, 0.29) is 17.9 Å². The number of aryl methyl sites for hydroxylation is 1. The summed E-state index contributed by atoms with van der Waals surface area (Å²) in [5, 5.41) is 3.03. The van der Waals surface area contributed by atoms with E-state index in [9.17, 15) is 4.79 Å². The first-order valence-electron chi connectivity index (χ1n) is 6.77. The van der Waals surface area contributed by atoms with Gasteiger partial charge in [-0.05, 0) is 49.8 Å². The topological polar surface area (TPSA) is 55.1 Å².